The van der Waals surface area contributed by atoms with Crippen LogP contribution in [0.15, 0.2) is 0 Å². The average molecular weight is 98.1 g/mol. The number of aliphatic hydroxyl groups is 1. The van der Waals surface area contributed by atoms with Crippen LogP contribution in [0.3, 0.4) is 0 Å². The van der Waals surface area contributed by atoms with Crippen molar-refractivity contribution in [3.8, 4) is 12.3 Å². The molecule has 1 fully saturated rings. The van der Waals surface area contributed by atoms with Crippen LogP contribution < -0.4 is 0 Å². The second-order valence-corrected chi connectivity index (χ2v) is 1.67. The van der Waals surface area contributed by atoms with Crippen LogP contribution in [0.25, 0.3) is 0 Å². The SMILES string of the molecule is C#CC1(O)COC1. The Bertz CT molecular complexity index is 108. The number of hydrogen-bond acceptors (Lipinski definition) is 2. The molecule has 0 atom stereocenters. The molecule has 1 N–H and O–H groups in total. The minimum absolute atomic E-state index is 0.295. The molecule has 0 unspecified atom stereocenters. The van der Waals surface area contributed by atoms with Crippen LogP contribution in [0.1, 0.15) is 0 Å². The molecule has 0 bridgehead atoms. The standard InChI is InChI=1S/C5H6O2/c1-2-5(6)3-7-4-5/h1,6H,3-4H2. The Kier molecular flexibility index (Phi) is 0.810. The van der Waals surface area contributed by atoms with Gasteiger partial charge in [-0.05, 0) is 0 Å². The summed E-state index contributed by atoms with van der Waals surface area (Å²) in [6.07, 6.45) is 4.89. The molecule has 0 aromatic carbocycles. The predicted octanol–water partition coefficient (Wildman–Crippen LogP) is -0.619. The van der Waals surface area contributed by atoms with E-state index in [0.29, 0.717) is 13.2 Å². The maximum Gasteiger partial charge on any atom is 0.171 e. The number of terminal acetylenes is 1. The first-order chi connectivity index (χ1) is 3.27. The van der Waals surface area contributed by atoms with Gasteiger partial charge in [0.25, 0.3) is 0 Å². The average Bonchev–Trinajstić information content (AvgIpc) is 1.61. The second-order valence-electron chi connectivity index (χ2n) is 1.67. The van der Waals surface area contributed by atoms with Crippen molar-refractivity contribution < 1.29 is 9.84 Å². The lowest BCUT2D eigenvalue weighted by atomic mass is 10.1. The Hall–Kier alpha value is -0.520. The molecule has 0 aromatic rings. The summed E-state index contributed by atoms with van der Waals surface area (Å²) >= 11 is 0. The topological polar surface area (TPSA) is 29.5 Å². The summed E-state index contributed by atoms with van der Waals surface area (Å²) < 4.78 is 4.64. The van der Waals surface area contributed by atoms with Crippen LogP contribution in [0.5, 0.6) is 0 Å². The van der Waals surface area contributed by atoms with E-state index in [4.69, 9.17) is 11.5 Å². The van der Waals surface area contributed by atoms with Gasteiger partial charge < -0.3 is 9.84 Å². The van der Waals surface area contributed by atoms with Crippen LogP contribution in [0.4, 0.5) is 0 Å². The molecule has 1 rings (SSSR count). The molecule has 0 aliphatic carbocycles. The molecule has 0 radical (unpaired) electrons. The molecule has 1 saturated heterocycles. The molecule has 2 nitrogen and oxygen atoms in total. The molecule has 0 aromatic heterocycles. The quantitative estimate of drug-likeness (QED) is 0.409. The van der Waals surface area contributed by atoms with Crippen LogP contribution in [-0.2, 0) is 4.74 Å². The van der Waals surface area contributed by atoms with Gasteiger partial charge in [0, 0.05) is 0 Å². The van der Waals surface area contributed by atoms with E-state index < -0.39 is 5.60 Å². The monoisotopic (exact) mass is 98.0 g/mol. The Morgan fingerprint density at radius 1 is 1.71 bits per heavy atom. The van der Waals surface area contributed by atoms with Crippen LogP contribution in [0, 0.1) is 12.3 Å². The molecule has 7 heavy (non-hydrogen) atoms. The fourth-order valence-electron chi connectivity index (χ4n) is 0.379. The van der Waals surface area contributed by atoms with E-state index >= 15 is 0 Å². The third-order valence-electron chi connectivity index (χ3n) is 0.950. The van der Waals surface area contributed by atoms with Crippen molar-refractivity contribution in [2.45, 2.75) is 5.60 Å². The van der Waals surface area contributed by atoms with E-state index in [9.17, 15) is 0 Å². The van der Waals surface area contributed by atoms with Crippen LogP contribution >= 0.6 is 0 Å². The van der Waals surface area contributed by atoms with Crippen LogP contribution in [0.2, 0.25) is 0 Å². The first-order valence-electron chi connectivity index (χ1n) is 2.05. The zero-order chi connectivity index (χ0) is 5.33. The van der Waals surface area contributed by atoms with Gasteiger partial charge >= 0.3 is 0 Å². The predicted molar refractivity (Wildman–Crippen MR) is 24.6 cm³/mol. The van der Waals surface area contributed by atoms with Crippen molar-refractivity contribution in [1.29, 1.82) is 0 Å². The highest BCUT2D eigenvalue weighted by Gasteiger charge is 2.33. The number of ether oxygens (including phenoxy) is 1. The summed E-state index contributed by atoms with van der Waals surface area (Å²) in [5, 5.41) is 8.86. The van der Waals surface area contributed by atoms with Gasteiger partial charge in [-0.15, -0.1) is 6.42 Å². The van der Waals surface area contributed by atoms with Crippen molar-refractivity contribution in [2.24, 2.45) is 0 Å². The molecule has 1 aliphatic heterocycles. The first-order valence-corrected chi connectivity index (χ1v) is 2.05. The highest BCUT2D eigenvalue weighted by molar-refractivity contribution is 5.11. The normalized spacial score (nSPS) is 25.1. The summed E-state index contributed by atoms with van der Waals surface area (Å²) in [5.74, 6) is 2.21. The fourth-order valence-corrected chi connectivity index (χ4v) is 0.379. The van der Waals surface area contributed by atoms with Crippen LogP contribution in [-0.4, -0.2) is 23.9 Å². The lowest BCUT2D eigenvalue weighted by molar-refractivity contribution is -0.140. The number of hydrogen-bond donors (Lipinski definition) is 1. The minimum Gasteiger partial charge on any atom is -0.373 e. The molecule has 0 amide bonds. The molecule has 2 heteroatoms. The Balaban J connectivity index is 2.48. The van der Waals surface area contributed by atoms with E-state index in [1.807, 2.05) is 0 Å². The van der Waals surface area contributed by atoms with Gasteiger partial charge in [0.15, 0.2) is 5.60 Å². The van der Waals surface area contributed by atoms with E-state index in [2.05, 4.69) is 10.7 Å². The zero-order valence-electron chi connectivity index (χ0n) is 3.85. The van der Waals surface area contributed by atoms with E-state index in [-0.39, 0.29) is 0 Å². The van der Waals surface area contributed by atoms with Crippen molar-refractivity contribution in [2.75, 3.05) is 13.2 Å². The van der Waals surface area contributed by atoms with Gasteiger partial charge in [-0.3, -0.25) is 0 Å². The van der Waals surface area contributed by atoms with E-state index in [1.165, 1.54) is 0 Å². The summed E-state index contributed by atoms with van der Waals surface area (Å²) in [6, 6.07) is 0. The Labute approximate surface area is 42.1 Å². The molecular weight excluding hydrogens is 92.1 g/mol. The van der Waals surface area contributed by atoms with Gasteiger partial charge in [-0.2, -0.15) is 0 Å². The Morgan fingerprint density at radius 3 is 2.29 bits per heavy atom. The number of rotatable bonds is 0. The highest BCUT2D eigenvalue weighted by Crippen LogP contribution is 2.13. The smallest absolute Gasteiger partial charge is 0.171 e. The lowest BCUT2D eigenvalue weighted by Crippen LogP contribution is -2.47. The lowest BCUT2D eigenvalue weighted by Gasteiger charge is -2.30. The van der Waals surface area contributed by atoms with Gasteiger partial charge in [-0.25, -0.2) is 0 Å². The van der Waals surface area contributed by atoms with Crippen molar-refractivity contribution >= 4 is 0 Å². The fraction of sp³-hybridized carbons (Fsp3) is 0.600. The maximum atomic E-state index is 8.86. The molecular formula is C5H6O2. The Morgan fingerprint density at radius 2 is 2.29 bits per heavy atom. The molecule has 38 valence electrons. The van der Waals surface area contributed by atoms with E-state index in [0.717, 1.165) is 0 Å². The maximum absolute atomic E-state index is 8.86. The molecule has 0 saturated carbocycles. The second kappa shape index (κ2) is 1.22. The largest absolute Gasteiger partial charge is 0.373 e. The summed E-state index contributed by atoms with van der Waals surface area (Å²) in [6.45, 7) is 0.590. The zero-order valence-corrected chi connectivity index (χ0v) is 3.85. The van der Waals surface area contributed by atoms with Crippen molar-refractivity contribution in [3.05, 3.63) is 0 Å². The minimum atomic E-state index is -0.931. The molecule has 1 heterocycles. The highest BCUT2D eigenvalue weighted by atomic mass is 16.5. The van der Waals surface area contributed by atoms with Gasteiger partial charge in [0.05, 0.1) is 13.2 Å². The molecule has 0 spiro atoms. The summed E-state index contributed by atoms with van der Waals surface area (Å²) in [7, 11) is 0. The summed E-state index contributed by atoms with van der Waals surface area (Å²) in [5.41, 5.74) is -0.931. The van der Waals surface area contributed by atoms with Gasteiger partial charge in [0.1, 0.15) is 0 Å². The third kappa shape index (κ3) is 0.604. The van der Waals surface area contributed by atoms with Gasteiger partial charge in [-0.1, -0.05) is 5.92 Å². The summed E-state index contributed by atoms with van der Waals surface area (Å²) in [4.78, 5) is 0. The van der Waals surface area contributed by atoms with E-state index in [1.54, 1.807) is 0 Å². The van der Waals surface area contributed by atoms with Crippen molar-refractivity contribution in [1.82, 2.24) is 0 Å². The molecule has 1 aliphatic rings. The van der Waals surface area contributed by atoms with Gasteiger partial charge in [0.2, 0.25) is 0 Å². The third-order valence-corrected chi connectivity index (χ3v) is 0.950. The first kappa shape index (κ1) is 4.63. The van der Waals surface area contributed by atoms with Crippen molar-refractivity contribution in [3.63, 3.8) is 0 Å².